The lowest BCUT2D eigenvalue weighted by Crippen LogP contribution is -2.32. The van der Waals surface area contributed by atoms with Crippen LogP contribution >= 0.6 is 0 Å². The molecular weight excluding hydrogens is 262 g/mol. The summed E-state index contributed by atoms with van der Waals surface area (Å²) in [5.41, 5.74) is 6.19. The van der Waals surface area contributed by atoms with Gasteiger partial charge in [-0.3, -0.25) is 0 Å². The fourth-order valence-electron chi connectivity index (χ4n) is 1.82. The Balaban J connectivity index is 3.08. The summed E-state index contributed by atoms with van der Waals surface area (Å²) in [7, 11) is -1.61. The van der Waals surface area contributed by atoms with Crippen molar-refractivity contribution in [3.8, 4) is 0 Å². The molecule has 0 aliphatic rings. The fraction of sp³-hybridized carbons (Fsp3) is 0.538. The molecule has 0 amide bonds. The molecule has 108 valence electrons. The zero-order valence-corrected chi connectivity index (χ0v) is 12.6. The second kappa shape index (κ2) is 6.88. The average Bonchev–Trinajstić information content (AvgIpc) is 2.34. The van der Waals surface area contributed by atoms with Crippen LogP contribution in [0.15, 0.2) is 29.2 Å². The van der Waals surface area contributed by atoms with Crippen LogP contribution in [0, 0.1) is 0 Å². The first-order valence-corrected chi connectivity index (χ1v) is 7.89. The third-order valence-corrected chi connectivity index (χ3v) is 4.36. The highest BCUT2D eigenvalue weighted by molar-refractivity contribution is 7.89. The van der Waals surface area contributed by atoms with E-state index in [4.69, 9.17) is 5.73 Å². The van der Waals surface area contributed by atoms with Crippen LogP contribution in [0.5, 0.6) is 0 Å². The van der Waals surface area contributed by atoms with Gasteiger partial charge in [-0.1, -0.05) is 12.1 Å². The summed E-state index contributed by atoms with van der Waals surface area (Å²) < 4.78 is 27.2. The minimum Gasteiger partial charge on any atom is -0.373 e. The molecule has 0 aromatic heterocycles. The van der Waals surface area contributed by atoms with Crippen LogP contribution in [-0.4, -0.2) is 34.6 Å². The normalized spacial score (nSPS) is 11.8. The highest BCUT2D eigenvalue weighted by atomic mass is 32.2. The Morgan fingerprint density at radius 2 is 1.95 bits per heavy atom. The molecule has 3 N–H and O–H groups in total. The third kappa shape index (κ3) is 4.49. The van der Waals surface area contributed by atoms with E-state index in [9.17, 15) is 8.42 Å². The number of benzene rings is 1. The van der Waals surface area contributed by atoms with Gasteiger partial charge in [0, 0.05) is 19.6 Å². The van der Waals surface area contributed by atoms with Crippen molar-refractivity contribution in [2.24, 2.45) is 5.73 Å². The van der Waals surface area contributed by atoms with Crippen LogP contribution in [0.2, 0.25) is 0 Å². The molecule has 0 saturated carbocycles. The van der Waals surface area contributed by atoms with E-state index in [2.05, 4.69) is 4.72 Å². The zero-order chi connectivity index (χ0) is 14.5. The first kappa shape index (κ1) is 15.9. The van der Waals surface area contributed by atoms with Crippen molar-refractivity contribution in [2.45, 2.75) is 31.2 Å². The van der Waals surface area contributed by atoms with E-state index in [0.717, 1.165) is 13.0 Å². The maximum absolute atomic E-state index is 12.3. The number of nitrogens with zero attached hydrogens (tertiary/aromatic N) is 1. The Bertz CT molecular complexity index is 500. The van der Waals surface area contributed by atoms with Crippen LogP contribution in [0.4, 0.5) is 5.69 Å². The molecule has 0 saturated heterocycles. The summed E-state index contributed by atoms with van der Waals surface area (Å²) in [5.74, 6) is 0. The van der Waals surface area contributed by atoms with Crippen molar-refractivity contribution < 1.29 is 8.42 Å². The maximum atomic E-state index is 12.3. The summed E-state index contributed by atoms with van der Waals surface area (Å²) in [6.07, 6.45) is 0.822. The monoisotopic (exact) mass is 285 g/mol. The SMILES string of the molecule is CC(C)NS(=O)(=O)c1ccccc1N(C)CCCN. The van der Waals surface area contributed by atoms with Gasteiger partial charge in [-0.15, -0.1) is 0 Å². The minimum absolute atomic E-state index is 0.132. The van der Waals surface area contributed by atoms with Crippen LogP contribution in [-0.2, 0) is 10.0 Å². The number of sulfonamides is 1. The first-order chi connectivity index (χ1) is 8.88. The van der Waals surface area contributed by atoms with E-state index >= 15 is 0 Å². The second-order valence-corrected chi connectivity index (χ2v) is 6.49. The van der Waals surface area contributed by atoms with Gasteiger partial charge in [-0.05, 0) is 38.9 Å². The molecule has 0 spiro atoms. The number of anilines is 1. The predicted molar refractivity (Wildman–Crippen MR) is 78.8 cm³/mol. The van der Waals surface area contributed by atoms with Gasteiger partial charge in [0.1, 0.15) is 4.90 Å². The van der Waals surface area contributed by atoms with Gasteiger partial charge in [0.05, 0.1) is 5.69 Å². The van der Waals surface area contributed by atoms with Crippen molar-refractivity contribution in [2.75, 3.05) is 25.0 Å². The number of para-hydroxylation sites is 1. The predicted octanol–water partition coefficient (Wildman–Crippen LogP) is 1.16. The van der Waals surface area contributed by atoms with Gasteiger partial charge in [0.25, 0.3) is 0 Å². The number of nitrogens with one attached hydrogen (secondary N) is 1. The standard InChI is InChI=1S/C13H23N3O2S/c1-11(2)15-19(17,18)13-8-5-4-7-12(13)16(3)10-6-9-14/h4-5,7-8,11,15H,6,9-10,14H2,1-3H3. The molecule has 1 aromatic carbocycles. The smallest absolute Gasteiger partial charge is 0.242 e. The molecule has 5 nitrogen and oxygen atoms in total. The van der Waals surface area contributed by atoms with Crippen LogP contribution in [0.1, 0.15) is 20.3 Å². The minimum atomic E-state index is -3.48. The number of hydrogen-bond acceptors (Lipinski definition) is 4. The van der Waals surface area contributed by atoms with E-state index in [1.54, 1.807) is 26.0 Å². The van der Waals surface area contributed by atoms with Crippen LogP contribution < -0.4 is 15.4 Å². The van der Waals surface area contributed by atoms with Crippen molar-refractivity contribution in [1.29, 1.82) is 0 Å². The molecule has 0 aliphatic heterocycles. The quantitative estimate of drug-likeness (QED) is 0.788. The van der Waals surface area contributed by atoms with Crippen LogP contribution in [0.3, 0.4) is 0 Å². The lowest BCUT2D eigenvalue weighted by atomic mass is 10.3. The molecule has 0 bridgehead atoms. The van der Waals surface area contributed by atoms with Gasteiger partial charge in [-0.25, -0.2) is 13.1 Å². The van der Waals surface area contributed by atoms with Gasteiger partial charge < -0.3 is 10.6 Å². The molecular formula is C13H23N3O2S. The van der Waals surface area contributed by atoms with Crippen LogP contribution in [0.25, 0.3) is 0 Å². The lowest BCUT2D eigenvalue weighted by Gasteiger charge is -2.22. The van der Waals surface area contributed by atoms with E-state index in [1.807, 2.05) is 24.1 Å². The molecule has 0 radical (unpaired) electrons. The summed E-state index contributed by atoms with van der Waals surface area (Å²) in [6.45, 7) is 4.92. The first-order valence-electron chi connectivity index (χ1n) is 6.41. The Kier molecular flexibility index (Phi) is 5.78. The molecule has 19 heavy (non-hydrogen) atoms. The van der Waals surface area contributed by atoms with E-state index in [1.165, 1.54) is 0 Å². The van der Waals surface area contributed by atoms with Crippen molar-refractivity contribution in [3.63, 3.8) is 0 Å². The Morgan fingerprint density at radius 1 is 1.32 bits per heavy atom. The Morgan fingerprint density at radius 3 is 2.53 bits per heavy atom. The highest BCUT2D eigenvalue weighted by Crippen LogP contribution is 2.24. The molecule has 0 unspecified atom stereocenters. The third-order valence-electron chi connectivity index (χ3n) is 2.65. The summed E-state index contributed by atoms with van der Waals surface area (Å²) >= 11 is 0. The average molecular weight is 285 g/mol. The second-order valence-electron chi connectivity index (χ2n) is 4.81. The summed E-state index contributed by atoms with van der Waals surface area (Å²) in [6, 6.07) is 6.87. The van der Waals surface area contributed by atoms with Crippen molar-refractivity contribution >= 4 is 15.7 Å². The van der Waals surface area contributed by atoms with E-state index in [-0.39, 0.29) is 6.04 Å². The van der Waals surface area contributed by atoms with E-state index in [0.29, 0.717) is 17.1 Å². The maximum Gasteiger partial charge on any atom is 0.242 e. The summed E-state index contributed by atoms with van der Waals surface area (Å²) in [4.78, 5) is 2.23. The Labute approximate surface area is 115 Å². The summed E-state index contributed by atoms with van der Waals surface area (Å²) in [5, 5.41) is 0. The van der Waals surface area contributed by atoms with Gasteiger partial charge in [0.15, 0.2) is 0 Å². The molecule has 6 heteroatoms. The molecule has 0 atom stereocenters. The van der Waals surface area contributed by atoms with Gasteiger partial charge in [0.2, 0.25) is 10.0 Å². The lowest BCUT2D eigenvalue weighted by molar-refractivity contribution is 0.569. The fourth-order valence-corrected chi connectivity index (χ4v) is 3.33. The molecule has 0 aliphatic carbocycles. The number of nitrogens with two attached hydrogens (primary N) is 1. The van der Waals surface area contributed by atoms with Crippen molar-refractivity contribution in [1.82, 2.24) is 4.72 Å². The molecule has 0 fully saturated rings. The molecule has 0 heterocycles. The molecule has 1 rings (SSSR count). The Hall–Kier alpha value is -1.11. The number of rotatable bonds is 7. The van der Waals surface area contributed by atoms with Gasteiger partial charge in [-0.2, -0.15) is 0 Å². The topological polar surface area (TPSA) is 75.4 Å². The molecule has 1 aromatic rings. The van der Waals surface area contributed by atoms with E-state index < -0.39 is 10.0 Å². The zero-order valence-electron chi connectivity index (χ0n) is 11.8. The van der Waals surface area contributed by atoms with Crippen molar-refractivity contribution in [3.05, 3.63) is 24.3 Å². The van der Waals surface area contributed by atoms with Gasteiger partial charge >= 0.3 is 0 Å². The highest BCUT2D eigenvalue weighted by Gasteiger charge is 2.20. The number of hydrogen-bond donors (Lipinski definition) is 2. The largest absolute Gasteiger partial charge is 0.373 e.